The van der Waals surface area contributed by atoms with Crippen molar-refractivity contribution in [3.05, 3.63) is 63.6 Å². The zero-order valence-corrected chi connectivity index (χ0v) is 16.5. The molecular weight excluding hydrogens is 354 g/mol. The molecule has 1 N–H and O–H groups in total. The number of hydrogen-bond donors (Lipinski definition) is 1. The molecule has 1 fully saturated rings. The first-order chi connectivity index (χ1) is 13.4. The summed E-state index contributed by atoms with van der Waals surface area (Å²) < 4.78 is 7.79. The smallest absolute Gasteiger partial charge is 0.326 e. The lowest BCUT2D eigenvalue weighted by Gasteiger charge is -2.33. The van der Waals surface area contributed by atoms with E-state index in [0.29, 0.717) is 24.2 Å². The van der Waals surface area contributed by atoms with Crippen molar-refractivity contribution in [3.63, 3.8) is 0 Å². The van der Waals surface area contributed by atoms with Gasteiger partial charge in [0.1, 0.15) is 11.9 Å². The van der Waals surface area contributed by atoms with Gasteiger partial charge in [-0.05, 0) is 43.2 Å². The molecule has 1 aliphatic rings. The number of likely N-dealkylation sites (tertiary alicyclic amines) is 1. The Kier molecular flexibility index (Phi) is 4.71. The van der Waals surface area contributed by atoms with Gasteiger partial charge in [-0.15, -0.1) is 0 Å². The van der Waals surface area contributed by atoms with Crippen LogP contribution in [0.3, 0.4) is 0 Å². The minimum atomic E-state index is -0.177. The first kappa shape index (κ1) is 18.3. The molecule has 28 heavy (non-hydrogen) atoms. The Morgan fingerprint density at radius 1 is 1.11 bits per heavy atom. The van der Waals surface area contributed by atoms with Gasteiger partial charge in [-0.25, -0.2) is 4.79 Å². The van der Waals surface area contributed by atoms with E-state index < -0.39 is 0 Å². The Morgan fingerprint density at radius 3 is 2.46 bits per heavy atom. The van der Waals surface area contributed by atoms with E-state index in [9.17, 15) is 9.59 Å². The summed E-state index contributed by atoms with van der Waals surface area (Å²) in [7, 11) is 1.71. The number of benzene rings is 2. The highest BCUT2D eigenvalue weighted by Gasteiger charge is 2.25. The van der Waals surface area contributed by atoms with Crippen LogP contribution >= 0.6 is 0 Å². The highest BCUT2D eigenvalue weighted by molar-refractivity contribution is 5.97. The molecule has 0 spiro atoms. The molecule has 0 unspecified atom stereocenters. The number of carbonyl (C=O) groups excluding carboxylic acids is 1. The SMILES string of the molecule is Cc1cccc(C)c1OC1CCN(C(=O)c2ccc3c(c2)[nH]c(=O)n3C)CC1. The number of amides is 1. The van der Waals surface area contributed by atoms with Crippen molar-refractivity contribution in [2.75, 3.05) is 13.1 Å². The van der Waals surface area contributed by atoms with Gasteiger partial charge in [0.05, 0.1) is 11.0 Å². The summed E-state index contributed by atoms with van der Waals surface area (Å²) in [5, 5.41) is 0. The summed E-state index contributed by atoms with van der Waals surface area (Å²) >= 11 is 0. The van der Waals surface area contributed by atoms with Crippen LogP contribution in [0.5, 0.6) is 5.75 Å². The molecule has 0 bridgehead atoms. The number of para-hydroxylation sites is 1. The maximum absolute atomic E-state index is 12.9. The third-order valence-corrected chi connectivity index (χ3v) is 5.57. The molecule has 1 aromatic heterocycles. The topological polar surface area (TPSA) is 67.3 Å². The molecule has 6 nitrogen and oxygen atoms in total. The number of aromatic nitrogens is 2. The van der Waals surface area contributed by atoms with Crippen molar-refractivity contribution in [1.82, 2.24) is 14.5 Å². The van der Waals surface area contributed by atoms with E-state index in [1.54, 1.807) is 23.7 Å². The predicted octanol–water partition coefficient (Wildman–Crippen LogP) is 3.17. The summed E-state index contributed by atoms with van der Waals surface area (Å²) in [5.41, 5.74) is 4.19. The molecular formula is C22H25N3O3. The zero-order chi connectivity index (χ0) is 19.8. The van der Waals surface area contributed by atoms with E-state index in [-0.39, 0.29) is 17.7 Å². The van der Waals surface area contributed by atoms with Gasteiger partial charge in [0.2, 0.25) is 0 Å². The van der Waals surface area contributed by atoms with E-state index >= 15 is 0 Å². The maximum Gasteiger partial charge on any atom is 0.326 e. The maximum atomic E-state index is 12.9. The lowest BCUT2D eigenvalue weighted by Crippen LogP contribution is -2.41. The number of rotatable bonds is 3. The van der Waals surface area contributed by atoms with Crippen LogP contribution in [0.1, 0.15) is 34.3 Å². The molecule has 1 aliphatic heterocycles. The van der Waals surface area contributed by atoms with Crippen LogP contribution in [0.4, 0.5) is 0 Å². The Hall–Kier alpha value is -3.02. The van der Waals surface area contributed by atoms with Gasteiger partial charge in [-0.3, -0.25) is 9.36 Å². The fourth-order valence-corrected chi connectivity index (χ4v) is 3.88. The molecule has 1 saturated heterocycles. The summed E-state index contributed by atoms with van der Waals surface area (Å²) in [4.78, 5) is 29.3. The van der Waals surface area contributed by atoms with Gasteiger partial charge >= 0.3 is 5.69 Å². The van der Waals surface area contributed by atoms with Crippen molar-refractivity contribution in [2.45, 2.75) is 32.8 Å². The van der Waals surface area contributed by atoms with Crippen LogP contribution in [0.15, 0.2) is 41.2 Å². The molecule has 4 rings (SSSR count). The average molecular weight is 379 g/mol. The van der Waals surface area contributed by atoms with Crippen molar-refractivity contribution < 1.29 is 9.53 Å². The standard InChI is InChI=1S/C22H25N3O3/c1-14-5-4-6-15(2)20(14)28-17-9-11-25(12-10-17)21(26)16-7-8-19-18(13-16)23-22(27)24(19)3/h4-8,13,17H,9-12H2,1-3H3,(H,23,27). The number of hydrogen-bond acceptors (Lipinski definition) is 3. The van der Waals surface area contributed by atoms with Gasteiger partial charge in [0.25, 0.3) is 5.91 Å². The Balaban J connectivity index is 1.43. The number of piperidine rings is 1. The Labute approximate surface area is 163 Å². The van der Waals surface area contributed by atoms with Crippen molar-refractivity contribution in [1.29, 1.82) is 0 Å². The number of imidazole rings is 1. The number of fused-ring (bicyclic) bond motifs is 1. The number of aryl methyl sites for hydroxylation is 3. The quantitative estimate of drug-likeness (QED) is 0.760. The van der Waals surface area contributed by atoms with E-state index in [1.165, 1.54) is 0 Å². The molecule has 146 valence electrons. The second-order valence-electron chi connectivity index (χ2n) is 7.55. The number of H-pyrrole nitrogens is 1. The van der Waals surface area contributed by atoms with Gasteiger partial charge < -0.3 is 14.6 Å². The van der Waals surface area contributed by atoms with Crippen molar-refractivity contribution in [2.24, 2.45) is 7.05 Å². The van der Waals surface area contributed by atoms with Crippen LogP contribution in [0.2, 0.25) is 0 Å². The molecule has 2 heterocycles. The fourth-order valence-electron chi connectivity index (χ4n) is 3.88. The molecule has 1 amide bonds. The lowest BCUT2D eigenvalue weighted by atomic mass is 10.0. The predicted molar refractivity (Wildman–Crippen MR) is 109 cm³/mol. The summed E-state index contributed by atoms with van der Waals surface area (Å²) in [5.74, 6) is 0.961. The number of ether oxygens (including phenoxy) is 1. The summed E-state index contributed by atoms with van der Waals surface area (Å²) in [6.45, 7) is 5.45. The van der Waals surface area contributed by atoms with E-state index in [0.717, 1.165) is 35.2 Å². The minimum Gasteiger partial charge on any atom is -0.490 e. The summed E-state index contributed by atoms with van der Waals surface area (Å²) in [6.07, 6.45) is 1.74. The van der Waals surface area contributed by atoms with E-state index in [1.807, 2.05) is 17.0 Å². The third kappa shape index (κ3) is 3.30. The lowest BCUT2D eigenvalue weighted by molar-refractivity contribution is 0.0593. The number of aromatic amines is 1. The second-order valence-corrected chi connectivity index (χ2v) is 7.55. The number of carbonyl (C=O) groups is 1. The Morgan fingerprint density at radius 2 is 1.79 bits per heavy atom. The highest BCUT2D eigenvalue weighted by atomic mass is 16.5. The fraction of sp³-hybridized carbons (Fsp3) is 0.364. The van der Waals surface area contributed by atoms with Crippen molar-refractivity contribution in [3.8, 4) is 5.75 Å². The van der Waals surface area contributed by atoms with Gasteiger partial charge in [-0.2, -0.15) is 0 Å². The van der Waals surface area contributed by atoms with E-state index in [2.05, 4.69) is 31.0 Å². The van der Waals surface area contributed by atoms with Crippen LogP contribution in [-0.4, -0.2) is 39.6 Å². The second kappa shape index (κ2) is 7.19. The first-order valence-electron chi connectivity index (χ1n) is 9.65. The van der Waals surface area contributed by atoms with Crippen LogP contribution < -0.4 is 10.4 Å². The van der Waals surface area contributed by atoms with Gasteiger partial charge in [0, 0.05) is 38.5 Å². The number of nitrogens with zero attached hydrogens (tertiary/aromatic N) is 2. The average Bonchev–Trinajstić information content (AvgIpc) is 2.98. The first-order valence-corrected chi connectivity index (χ1v) is 9.65. The normalized spacial score (nSPS) is 15.2. The van der Waals surface area contributed by atoms with Gasteiger partial charge in [0.15, 0.2) is 0 Å². The molecule has 3 aromatic rings. The molecule has 2 aromatic carbocycles. The molecule has 6 heteroatoms. The highest BCUT2D eigenvalue weighted by Crippen LogP contribution is 2.27. The van der Waals surface area contributed by atoms with Gasteiger partial charge in [-0.1, -0.05) is 18.2 Å². The molecule has 0 radical (unpaired) electrons. The van der Waals surface area contributed by atoms with Crippen LogP contribution in [-0.2, 0) is 7.05 Å². The van der Waals surface area contributed by atoms with Crippen LogP contribution in [0, 0.1) is 13.8 Å². The minimum absolute atomic E-state index is 0.00266. The monoisotopic (exact) mass is 379 g/mol. The number of nitrogens with one attached hydrogen (secondary N) is 1. The summed E-state index contributed by atoms with van der Waals surface area (Å²) in [6, 6.07) is 11.5. The third-order valence-electron chi connectivity index (χ3n) is 5.57. The van der Waals surface area contributed by atoms with Crippen LogP contribution in [0.25, 0.3) is 11.0 Å². The molecule has 0 saturated carbocycles. The Bertz CT molecular complexity index is 1070. The largest absolute Gasteiger partial charge is 0.490 e. The van der Waals surface area contributed by atoms with E-state index in [4.69, 9.17) is 4.74 Å². The molecule has 0 aliphatic carbocycles. The molecule has 0 atom stereocenters. The zero-order valence-electron chi connectivity index (χ0n) is 16.5. The van der Waals surface area contributed by atoms with Crippen molar-refractivity contribution >= 4 is 16.9 Å².